The molecule has 1 fully saturated rings. The molecule has 7 heteroatoms. The fraction of sp³-hybridized carbons (Fsp3) is 0.435. The average molecular weight is 409 g/mol. The molecule has 1 N–H and O–H groups in total. The lowest BCUT2D eigenvalue weighted by molar-refractivity contribution is -0.0309. The molecular formula is C23H28N4O3. The largest absolute Gasteiger partial charge is 0.446 e. The van der Waals surface area contributed by atoms with Gasteiger partial charge in [-0.05, 0) is 45.4 Å². The Morgan fingerprint density at radius 3 is 2.63 bits per heavy atom. The first kappa shape index (κ1) is 20.3. The molecule has 30 heavy (non-hydrogen) atoms. The Bertz CT molecular complexity index is 1050. The van der Waals surface area contributed by atoms with Gasteiger partial charge in [0, 0.05) is 24.9 Å². The quantitative estimate of drug-likeness (QED) is 0.686. The van der Waals surface area contributed by atoms with Gasteiger partial charge in [-0.3, -0.25) is 0 Å². The van der Waals surface area contributed by atoms with Crippen LogP contribution in [0.4, 0.5) is 4.79 Å². The first-order chi connectivity index (χ1) is 14.2. The van der Waals surface area contributed by atoms with Crippen LogP contribution in [0.15, 0.2) is 42.6 Å². The Balaban J connectivity index is 1.46. The number of aryl methyl sites for hydroxylation is 1. The molecule has 0 unspecified atom stereocenters. The highest BCUT2D eigenvalue weighted by Crippen LogP contribution is 2.29. The topological polar surface area (TPSA) is 80.0 Å². The monoisotopic (exact) mass is 408 g/mol. The highest BCUT2D eigenvalue weighted by molar-refractivity contribution is 5.69. The molecular weight excluding hydrogens is 380 g/mol. The Hall–Kier alpha value is -2.93. The number of hydrogen-bond donors (Lipinski definition) is 1. The molecule has 3 aromatic rings. The van der Waals surface area contributed by atoms with Gasteiger partial charge < -0.3 is 14.7 Å². The first-order valence-corrected chi connectivity index (χ1v) is 10.3. The van der Waals surface area contributed by atoms with Crippen LogP contribution in [0.25, 0.3) is 16.9 Å². The molecule has 4 rings (SSSR count). The molecule has 0 bridgehead atoms. The van der Waals surface area contributed by atoms with Gasteiger partial charge in [0.25, 0.3) is 0 Å². The van der Waals surface area contributed by atoms with E-state index in [1.807, 2.05) is 56.4 Å². The number of rotatable bonds is 5. The molecule has 1 aliphatic heterocycles. The van der Waals surface area contributed by atoms with Crippen molar-refractivity contribution in [1.82, 2.24) is 19.5 Å². The number of carbonyl (C=O) groups excluding carboxylic acids is 1. The highest BCUT2D eigenvalue weighted by atomic mass is 16.6. The molecule has 0 radical (unpaired) electrons. The van der Waals surface area contributed by atoms with Gasteiger partial charge in [-0.15, -0.1) is 0 Å². The van der Waals surface area contributed by atoms with E-state index >= 15 is 0 Å². The molecule has 1 saturated heterocycles. The molecule has 7 nitrogen and oxygen atoms in total. The summed E-state index contributed by atoms with van der Waals surface area (Å²) in [6.45, 7) is 8.03. The summed E-state index contributed by atoms with van der Waals surface area (Å²) in [5, 5.41) is 14.6. The van der Waals surface area contributed by atoms with E-state index in [-0.39, 0.29) is 18.2 Å². The number of nitrogens with zero attached hydrogens (tertiary/aromatic N) is 4. The predicted octanol–water partition coefficient (Wildman–Crippen LogP) is 4.14. The Morgan fingerprint density at radius 2 is 1.97 bits per heavy atom. The van der Waals surface area contributed by atoms with Crippen LogP contribution >= 0.6 is 0 Å². The van der Waals surface area contributed by atoms with Crippen molar-refractivity contribution in [1.29, 1.82) is 0 Å². The SMILES string of the molecule is Cc1cn2nc(-c3ccc([C@H](C)N4CC[C@@H](CC(C)(C)O)OC4=O)cc3)ccc2n1. The highest BCUT2D eigenvalue weighted by Gasteiger charge is 2.33. The van der Waals surface area contributed by atoms with E-state index in [1.165, 1.54) is 0 Å². The second-order valence-corrected chi connectivity index (χ2v) is 8.71. The maximum absolute atomic E-state index is 12.5. The molecule has 0 aliphatic carbocycles. The van der Waals surface area contributed by atoms with Crippen molar-refractivity contribution in [3.63, 3.8) is 0 Å². The first-order valence-electron chi connectivity index (χ1n) is 10.3. The summed E-state index contributed by atoms with van der Waals surface area (Å²) in [7, 11) is 0. The summed E-state index contributed by atoms with van der Waals surface area (Å²) in [4.78, 5) is 18.7. The summed E-state index contributed by atoms with van der Waals surface area (Å²) >= 11 is 0. The van der Waals surface area contributed by atoms with Crippen molar-refractivity contribution >= 4 is 11.7 Å². The van der Waals surface area contributed by atoms with Crippen molar-refractivity contribution in [2.75, 3.05) is 6.54 Å². The van der Waals surface area contributed by atoms with E-state index in [0.717, 1.165) is 28.2 Å². The van der Waals surface area contributed by atoms with Gasteiger partial charge in [-0.1, -0.05) is 24.3 Å². The van der Waals surface area contributed by atoms with Crippen LogP contribution in [0.5, 0.6) is 0 Å². The van der Waals surface area contributed by atoms with E-state index in [0.29, 0.717) is 19.4 Å². The summed E-state index contributed by atoms with van der Waals surface area (Å²) in [6.07, 6.45) is 2.50. The van der Waals surface area contributed by atoms with Crippen LogP contribution in [0.1, 0.15) is 50.9 Å². The van der Waals surface area contributed by atoms with E-state index in [4.69, 9.17) is 4.74 Å². The third-order valence-electron chi connectivity index (χ3n) is 5.52. The minimum Gasteiger partial charge on any atom is -0.446 e. The molecule has 158 valence electrons. The van der Waals surface area contributed by atoms with Crippen molar-refractivity contribution < 1.29 is 14.6 Å². The van der Waals surface area contributed by atoms with Crippen molar-refractivity contribution in [2.45, 2.75) is 58.3 Å². The zero-order valence-electron chi connectivity index (χ0n) is 17.9. The van der Waals surface area contributed by atoms with Crippen LogP contribution in [-0.4, -0.2) is 48.9 Å². The third kappa shape index (κ3) is 4.31. The molecule has 2 atom stereocenters. The molecule has 3 heterocycles. The zero-order chi connectivity index (χ0) is 21.5. The van der Waals surface area contributed by atoms with E-state index in [2.05, 4.69) is 10.1 Å². The second-order valence-electron chi connectivity index (χ2n) is 8.71. The van der Waals surface area contributed by atoms with Gasteiger partial charge in [-0.2, -0.15) is 5.10 Å². The average Bonchev–Trinajstić information content (AvgIpc) is 3.05. The van der Waals surface area contributed by atoms with Crippen LogP contribution in [0.3, 0.4) is 0 Å². The number of benzene rings is 1. The minimum absolute atomic E-state index is 0.0959. The number of hydrogen-bond acceptors (Lipinski definition) is 5. The fourth-order valence-electron chi connectivity index (χ4n) is 3.96. The Kier molecular flexibility index (Phi) is 5.24. The lowest BCUT2D eigenvalue weighted by Gasteiger charge is -2.37. The van der Waals surface area contributed by atoms with Gasteiger partial charge in [0.05, 0.1) is 29.2 Å². The number of aromatic nitrogens is 3. The summed E-state index contributed by atoms with van der Waals surface area (Å²) in [5.74, 6) is 0. The van der Waals surface area contributed by atoms with Crippen molar-refractivity contribution in [2.24, 2.45) is 0 Å². The fourth-order valence-corrected chi connectivity index (χ4v) is 3.96. The van der Waals surface area contributed by atoms with Crippen LogP contribution in [0.2, 0.25) is 0 Å². The molecule has 0 spiro atoms. The van der Waals surface area contributed by atoms with E-state index in [9.17, 15) is 9.90 Å². The normalized spacial score (nSPS) is 18.5. The predicted molar refractivity (Wildman–Crippen MR) is 114 cm³/mol. The second kappa shape index (κ2) is 7.72. The summed E-state index contributed by atoms with van der Waals surface area (Å²) < 4.78 is 7.35. The molecule has 1 aromatic carbocycles. The number of amides is 1. The van der Waals surface area contributed by atoms with E-state index in [1.54, 1.807) is 23.3 Å². The minimum atomic E-state index is -0.846. The van der Waals surface area contributed by atoms with Crippen molar-refractivity contribution in [3.05, 3.63) is 53.9 Å². The van der Waals surface area contributed by atoms with Gasteiger partial charge in [0.15, 0.2) is 5.65 Å². The maximum atomic E-state index is 12.5. The van der Waals surface area contributed by atoms with Crippen LogP contribution < -0.4 is 0 Å². The van der Waals surface area contributed by atoms with Crippen LogP contribution in [0, 0.1) is 6.92 Å². The molecule has 0 saturated carbocycles. The lowest BCUT2D eigenvalue weighted by atomic mass is 9.97. The van der Waals surface area contributed by atoms with Gasteiger partial charge in [0.1, 0.15) is 6.10 Å². The lowest BCUT2D eigenvalue weighted by Crippen LogP contribution is -2.45. The number of carbonyl (C=O) groups is 1. The summed E-state index contributed by atoms with van der Waals surface area (Å²) in [5.41, 5.74) is 3.82. The van der Waals surface area contributed by atoms with Gasteiger partial charge in [0.2, 0.25) is 0 Å². The van der Waals surface area contributed by atoms with Gasteiger partial charge in [-0.25, -0.2) is 14.3 Å². The number of fused-ring (bicyclic) bond motifs is 1. The Morgan fingerprint density at radius 1 is 1.23 bits per heavy atom. The van der Waals surface area contributed by atoms with Crippen LogP contribution in [-0.2, 0) is 4.74 Å². The standard InChI is InChI=1S/C23H28N4O3/c1-15-14-27-21(24-15)10-9-20(25-27)18-7-5-17(6-8-18)16(2)26-12-11-19(30-22(26)28)13-23(3,4)29/h5-10,14,16,19,29H,11-13H2,1-4H3/t16-,19-/m0/s1. The smallest absolute Gasteiger partial charge is 0.410 e. The number of aliphatic hydroxyl groups is 1. The Labute approximate surface area is 176 Å². The molecule has 1 aliphatic rings. The van der Waals surface area contributed by atoms with Crippen molar-refractivity contribution in [3.8, 4) is 11.3 Å². The summed E-state index contributed by atoms with van der Waals surface area (Å²) in [6, 6.07) is 11.9. The number of imidazole rings is 1. The van der Waals surface area contributed by atoms with E-state index < -0.39 is 5.60 Å². The third-order valence-corrected chi connectivity index (χ3v) is 5.52. The zero-order valence-corrected chi connectivity index (χ0v) is 17.9. The molecule has 2 aromatic heterocycles. The number of cyclic esters (lactones) is 1. The number of ether oxygens (including phenoxy) is 1. The van der Waals surface area contributed by atoms with Gasteiger partial charge >= 0.3 is 6.09 Å². The molecule has 1 amide bonds. The maximum Gasteiger partial charge on any atom is 0.410 e.